The highest BCUT2D eigenvalue weighted by Gasteiger charge is 2.22. The lowest BCUT2D eigenvalue weighted by Crippen LogP contribution is -2.28. The number of amides is 1. The van der Waals surface area contributed by atoms with E-state index in [0.717, 1.165) is 9.87 Å². The second-order valence-electron chi connectivity index (χ2n) is 6.58. The Labute approximate surface area is 176 Å². The molecule has 150 valence electrons. The Bertz CT molecular complexity index is 1100. The number of halogens is 1. The van der Waals surface area contributed by atoms with Gasteiger partial charge in [0.15, 0.2) is 0 Å². The predicted octanol–water partition coefficient (Wildman–Crippen LogP) is 4.66. The van der Waals surface area contributed by atoms with Crippen molar-refractivity contribution >= 4 is 33.2 Å². The number of carbonyl (C=O) groups excluding carboxylic acids is 1. The van der Waals surface area contributed by atoms with E-state index in [4.69, 9.17) is 11.6 Å². The number of anilines is 1. The molecule has 1 atom stereocenters. The van der Waals surface area contributed by atoms with Gasteiger partial charge in [-0.25, -0.2) is 8.42 Å². The predicted molar refractivity (Wildman–Crippen MR) is 116 cm³/mol. The van der Waals surface area contributed by atoms with Crippen molar-refractivity contribution in [2.24, 2.45) is 0 Å². The van der Waals surface area contributed by atoms with E-state index in [1.54, 1.807) is 24.3 Å². The molecule has 0 radical (unpaired) electrons. The standard InChI is InChI=1S/C22H21ClN2O3S/c1-16(17-7-4-3-5-8-17)24-22(26)18-9-6-10-20(15-18)25(2)29(27,28)21-13-11-19(23)12-14-21/h3-16H,1-2H3,(H,24,26). The van der Waals surface area contributed by atoms with Crippen molar-refractivity contribution in [2.45, 2.75) is 17.9 Å². The smallest absolute Gasteiger partial charge is 0.264 e. The zero-order valence-corrected chi connectivity index (χ0v) is 17.6. The highest BCUT2D eigenvalue weighted by Crippen LogP contribution is 2.24. The van der Waals surface area contributed by atoms with Gasteiger partial charge in [-0.3, -0.25) is 9.10 Å². The molecular formula is C22H21ClN2O3S. The van der Waals surface area contributed by atoms with Gasteiger partial charge in [-0.2, -0.15) is 0 Å². The zero-order chi connectivity index (χ0) is 21.0. The second kappa shape index (κ2) is 8.68. The molecule has 3 aromatic carbocycles. The van der Waals surface area contributed by atoms with Crippen molar-refractivity contribution in [1.82, 2.24) is 5.32 Å². The molecule has 1 unspecified atom stereocenters. The Hall–Kier alpha value is -2.83. The highest BCUT2D eigenvalue weighted by molar-refractivity contribution is 7.92. The first-order chi connectivity index (χ1) is 13.8. The van der Waals surface area contributed by atoms with E-state index < -0.39 is 10.0 Å². The van der Waals surface area contributed by atoms with Crippen molar-refractivity contribution in [3.8, 4) is 0 Å². The third-order valence-electron chi connectivity index (χ3n) is 4.59. The molecule has 3 aromatic rings. The van der Waals surface area contributed by atoms with Gasteiger partial charge in [0.1, 0.15) is 0 Å². The molecule has 0 fully saturated rings. The van der Waals surface area contributed by atoms with Gasteiger partial charge in [-0.05, 0) is 55.0 Å². The number of rotatable bonds is 6. The van der Waals surface area contributed by atoms with Gasteiger partial charge in [0.05, 0.1) is 16.6 Å². The molecule has 0 saturated carbocycles. The summed E-state index contributed by atoms with van der Waals surface area (Å²) in [6.45, 7) is 1.90. The van der Waals surface area contributed by atoms with E-state index in [1.165, 1.54) is 31.3 Å². The van der Waals surface area contributed by atoms with Crippen LogP contribution < -0.4 is 9.62 Å². The van der Waals surface area contributed by atoms with E-state index in [2.05, 4.69) is 5.32 Å². The number of sulfonamides is 1. The molecule has 29 heavy (non-hydrogen) atoms. The van der Waals surface area contributed by atoms with E-state index in [0.29, 0.717) is 16.3 Å². The average Bonchev–Trinajstić information content (AvgIpc) is 2.74. The van der Waals surface area contributed by atoms with Crippen LogP contribution in [0, 0.1) is 0 Å². The van der Waals surface area contributed by atoms with E-state index in [1.807, 2.05) is 37.3 Å². The number of carbonyl (C=O) groups is 1. The molecule has 0 heterocycles. The van der Waals surface area contributed by atoms with Gasteiger partial charge < -0.3 is 5.32 Å². The van der Waals surface area contributed by atoms with Crippen LogP contribution >= 0.6 is 11.6 Å². The summed E-state index contributed by atoms with van der Waals surface area (Å²) in [4.78, 5) is 12.8. The quantitative estimate of drug-likeness (QED) is 0.621. The van der Waals surface area contributed by atoms with Gasteiger partial charge in [0.25, 0.3) is 15.9 Å². The molecule has 0 aliphatic heterocycles. The van der Waals surface area contributed by atoms with Crippen LogP contribution in [-0.2, 0) is 10.0 Å². The molecule has 0 spiro atoms. The van der Waals surface area contributed by atoms with Gasteiger partial charge in [0, 0.05) is 17.6 Å². The highest BCUT2D eigenvalue weighted by atomic mass is 35.5. The zero-order valence-electron chi connectivity index (χ0n) is 16.0. The molecular weight excluding hydrogens is 408 g/mol. The number of benzene rings is 3. The maximum absolute atomic E-state index is 12.9. The van der Waals surface area contributed by atoms with Crippen LogP contribution in [0.25, 0.3) is 0 Å². The molecule has 1 amide bonds. The molecule has 7 heteroatoms. The number of hydrogen-bond acceptors (Lipinski definition) is 3. The van der Waals surface area contributed by atoms with Crippen LogP contribution in [-0.4, -0.2) is 21.4 Å². The SMILES string of the molecule is CC(NC(=O)c1cccc(N(C)S(=O)(=O)c2ccc(Cl)cc2)c1)c1ccccc1. The van der Waals surface area contributed by atoms with Crippen LogP contribution in [0.4, 0.5) is 5.69 Å². The average molecular weight is 429 g/mol. The number of hydrogen-bond donors (Lipinski definition) is 1. The third kappa shape index (κ3) is 4.78. The summed E-state index contributed by atoms with van der Waals surface area (Å²) in [5.41, 5.74) is 1.75. The summed E-state index contributed by atoms with van der Waals surface area (Å²) < 4.78 is 26.9. The molecule has 5 nitrogen and oxygen atoms in total. The molecule has 0 aliphatic rings. The third-order valence-corrected chi connectivity index (χ3v) is 6.64. The molecule has 0 saturated heterocycles. The first-order valence-electron chi connectivity index (χ1n) is 8.99. The normalized spacial score (nSPS) is 12.2. The summed E-state index contributed by atoms with van der Waals surface area (Å²) in [7, 11) is -2.32. The van der Waals surface area contributed by atoms with E-state index in [-0.39, 0.29) is 16.8 Å². The lowest BCUT2D eigenvalue weighted by Gasteiger charge is -2.20. The van der Waals surface area contributed by atoms with Gasteiger partial charge >= 0.3 is 0 Å². The summed E-state index contributed by atoms with van der Waals surface area (Å²) in [6, 6.07) is 21.9. The van der Waals surface area contributed by atoms with Crippen LogP contribution in [0.2, 0.25) is 5.02 Å². The van der Waals surface area contributed by atoms with E-state index >= 15 is 0 Å². The monoisotopic (exact) mass is 428 g/mol. The van der Waals surface area contributed by atoms with Crippen LogP contribution in [0.5, 0.6) is 0 Å². The summed E-state index contributed by atoms with van der Waals surface area (Å²) in [5.74, 6) is -0.277. The fraction of sp³-hybridized carbons (Fsp3) is 0.136. The first kappa shape index (κ1) is 20.9. The van der Waals surface area contributed by atoms with Crippen molar-refractivity contribution in [2.75, 3.05) is 11.4 Å². The molecule has 1 N–H and O–H groups in total. The summed E-state index contributed by atoms with van der Waals surface area (Å²) in [5, 5.41) is 3.39. The number of nitrogens with zero attached hydrogens (tertiary/aromatic N) is 1. The molecule has 0 bridgehead atoms. The maximum atomic E-state index is 12.9. The van der Waals surface area contributed by atoms with Gasteiger partial charge in [-0.1, -0.05) is 48.0 Å². The molecule has 0 aliphatic carbocycles. The lowest BCUT2D eigenvalue weighted by atomic mass is 10.1. The minimum atomic E-state index is -3.77. The topological polar surface area (TPSA) is 66.5 Å². The summed E-state index contributed by atoms with van der Waals surface area (Å²) in [6.07, 6.45) is 0. The van der Waals surface area contributed by atoms with Crippen LogP contribution in [0.1, 0.15) is 28.9 Å². The van der Waals surface area contributed by atoms with Crippen LogP contribution in [0.15, 0.2) is 83.8 Å². The fourth-order valence-corrected chi connectivity index (χ4v) is 4.16. The molecule has 3 rings (SSSR count). The van der Waals surface area contributed by atoms with Crippen molar-refractivity contribution in [1.29, 1.82) is 0 Å². The van der Waals surface area contributed by atoms with Crippen molar-refractivity contribution in [3.05, 3.63) is 95.0 Å². The number of nitrogens with one attached hydrogen (secondary N) is 1. The Morgan fingerprint density at radius 2 is 1.62 bits per heavy atom. The Balaban J connectivity index is 1.81. The van der Waals surface area contributed by atoms with Gasteiger partial charge in [-0.15, -0.1) is 0 Å². The Morgan fingerprint density at radius 3 is 2.28 bits per heavy atom. The Morgan fingerprint density at radius 1 is 0.966 bits per heavy atom. The second-order valence-corrected chi connectivity index (χ2v) is 8.99. The van der Waals surface area contributed by atoms with E-state index in [9.17, 15) is 13.2 Å². The van der Waals surface area contributed by atoms with Crippen molar-refractivity contribution < 1.29 is 13.2 Å². The lowest BCUT2D eigenvalue weighted by molar-refractivity contribution is 0.0940. The first-order valence-corrected chi connectivity index (χ1v) is 10.8. The maximum Gasteiger partial charge on any atom is 0.264 e. The minimum Gasteiger partial charge on any atom is -0.346 e. The van der Waals surface area contributed by atoms with Crippen molar-refractivity contribution in [3.63, 3.8) is 0 Å². The summed E-state index contributed by atoms with van der Waals surface area (Å²) >= 11 is 5.85. The Kier molecular flexibility index (Phi) is 6.25. The van der Waals surface area contributed by atoms with Crippen LogP contribution in [0.3, 0.4) is 0 Å². The minimum absolute atomic E-state index is 0.122. The largest absolute Gasteiger partial charge is 0.346 e. The van der Waals surface area contributed by atoms with Gasteiger partial charge in [0.2, 0.25) is 0 Å². The molecule has 0 aromatic heterocycles. The fourth-order valence-electron chi connectivity index (χ4n) is 2.85.